The monoisotopic (exact) mass is 1920 g/mol. The molecule has 113 heavy (non-hydrogen) atoms. The molecule has 0 atom stereocenters. The summed E-state index contributed by atoms with van der Waals surface area (Å²) in [6.45, 7) is 26.9. The van der Waals surface area contributed by atoms with Gasteiger partial charge in [0.15, 0.2) is 0 Å². The van der Waals surface area contributed by atoms with Gasteiger partial charge in [-0.25, -0.2) is 0 Å². The molecule has 0 bridgehead atoms. The maximum absolute atomic E-state index is 5.30. The van der Waals surface area contributed by atoms with Gasteiger partial charge in [0.2, 0.25) is 0 Å². The van der Waals surface area contributed by atoms with Crippen molar-refractivity contribution in [2.45, 2.75) is 569 Å². The fourth-order valence-corrected chi connectivity index (χ4v) is 17.0. The van der Waals surface area contributed by atoms with E-state index in [-0.39, 0.29) is 27.3 Å². The summed E-state index contributed by atoms with van der Waals surface area (Å²) in [4.78, 5) is 9.11. The largest absolute Gasteiger partial charge is 0.411 e. The summed E-state index contributed by atoms with van der Waals surface area (Å²) < 4.78 is 2.75. The van der Waals surface area contributed by atoms with Crippen LogP contribution in [0, 0.1) is 0 Å². The summed E-state index contributed by atoms with van der Waals surface area (Å²) in [6, 6.07) is 0. The van der Waals surface area contributed by atoms with E-state index in [0.29, 0.717) is 17.3 Å². The Balaban J connectivity index is -0.000000457. The third-order valence-corrected chi connectivity index (χ3v) is 25.4. The van der Waals surface area contributed by atoms with Gasteiger partial charge in [-0.15, -0.1) is 0 Å². The summed E-state index contributed by atoms with van der Waals surface area (Å²) in [5.41, 5.74) is 0. The van der Waals surface area contributed by atoms with E-state index >= 15 is 0 Å². The second-order valence-corrected chi connectivity index (χ2v) is 38.6. The van der Waals surface area contributed by atoms with Crippen LogP contribution in [-0.4, -0.2) is 117 Å². The van der Waals surface area contributed by atoms with Crippen molar-refractivity contribution in [1.82, 2.24) is 19.6 Å². The molecule has 0 fully saturated rings. The van der Waals surface area contributed by atoms with Crippen molar-refractivity contribution in [1.29, 1.82) is 0 Å². The van der Waals surface area contributed by atoms with Crippen LogP contribution in [-0.2, 0) is 50.5 Å². The Morgan fingerprint density at radius 3 is 0.257 bits per heavy atom. The molecule has 0 aliphatic rings. The zero-order valence-corrected chi connectivity index (χ0v) is 88.2. The van der Waals surface area contributed by atoms with Gasteiger partial charge in [-0.2, -0.15) is 0 Å². The minimum atomic E-state index is 0. The summed E-state index contributed by atoms with van der Waals surface area (Å²) in [7, 11) is 0. The first-order valence-electron chi connectivity index (χ1n) is 50.7. The molecule has 0 heterocycles. The van der Waals surface area contributed by atoms with E-state index in [1.165, 1.54) is 514 Å². The molecule has 0 saturated carbocycles. The van der Waals surface area contributed by atoms with Gasteiger partial charge in [0, 0.05) is 79.7 Å². The van der Waals surface area contributed by atoms with E-state index in [2.05, 4.69) is 75.0 Å². The van der Waals surface area contributed by atoms with Gasteiger partial charge in [-0.05, 0) is 51.4 Å². The van der Waals surface area contributed by atoms with Crippen LogP contribution in [0.15, 0.2) is 0 Å². The van der Waals surface area contributed by atoms with E-state index < -0.39 is 0 Å². The van der Waals surface area contributed by atoms with Gasteiger partial charge < -0.3 is 119 Å². The second-order valence-electron chi connectivity index (χ2n) is 34.5. The molecule has 0 rings (SSSR count). The molecule has 0 aliphatic heterocycles. The van der Waals surface area contributed by atoms with Gasteiger partial charge >= 0.3 is 0 Å². The van der Waals surface area contributed by atoms with E-state index in [1.54, 1.807) is 0 Å². The van der Waals surface area contributed by atoms with Crippen LogP contribution in [0.4, 0.5) is 0 Å². The molecule has 13 heteroatoms. The maximum atomic E-state index is 5.30. The maximum Gasteiger partial charge on any atom is 0.0162 e. The molecule has 0 N–H and O–H groups in total. The Bertz CT molecular complexity index is 1440. The zero-order valence-electron chi connectivity index (χ0n) is 77.8. The van der Waals surface area contributed by atoms with Crippen LogP contribution in [0.25, 0.3) is 0 Å². The van der Waals surface area contributed by atoms with Crippen molar-refractivity contribution in [2.24, 2.45) is 0 Å². The topological polar surface area (TPSA) is 13.0 Å². The standard InChI is InChI=1S/4C25H51NS2.Pb/c4*1-3-5-7-9-11-13-15-17-19-21-23-26(25(27)28)24-22-20-18-16-14-12-10-8-6-4-2;/h4*3-24H2,1-2H3,(H,27,28);/p-4. The molecular formula is C100H200N4PbS8-4. The van der Waals surface area contributed by atoms with Gasteiger partial charge in [-0.1, -0.05) is 535 Å². The van der Waals surface area contributed by atoms with Gasteiger partial charge in [0.05, 0.1) is 0 Å². The van der Waals surface area contributed by atoms with E-state index in [4.69, 9.17) is 99.4 Å². The van der Waals surface area contributed by atoms with Crippen molar-refractivity contribution in [3.63, 3.8) is 0 Å². The molecule has 0 aliphatic carbocycles. The Kier molecular flexibility index (Phi) is 121. The predicted octanol–water partition coefficient (Wildman–Crippen LogP) is 35.5. The summed E-state index contributed by atoms with van der Waals surface area (Å²) in [5, 5.41) is 0. The third-order valence-electron chi connectivity index (χ3n) is 23.3. The number of unbranched alkanes of at least 4 members (excludes halogenated alkanes) is 72. The van der Waals surface area contributed by atoms with Crippen molar-refractivity contribution in [3.8, 4) is 0 Å². The van der Waals surface area contributed by atoms with Crippen LogP contribution >= 0.6 is 48.9 Å². The molecule has 676 valence electrons. The van der Waals surface area contributed by atoms with Crippen LogP contribution in [0.3, 0.4) is 0 Å². The van der Waals surface area contributed by atoms with Crippen LogP contribution in [0.5, 0.6) is 0 Å². The fraction of sp³-hybridized carbons (Fsp3) is 0.960. The Morgan fingerprint density at radius 2 is 0.195 bits per heavy atom. The van der Waals surface area contributed by atoms with E-state index in [1.807, 2.05) is 0 Å². The van der Waals surface area contributed by atoms with Gasteiger partial charge in [0.25, 0.3) is 0 Å². The predicted molar refractivity (Wildman–Crippen MR) is 547 cm³/mol. The Labute approximate surface area is 777 Å². The average molecular weight is 1920 g/mol. The molecule has 0 aromatic carbocycles. The number of thiocarbonyl (C=S) groups is 4. The van der Waals surface area contributed by atoms with Crippen LogP contribution in [0.1, 0.15) is 569 Å². The van der Waals surface area contributed by atoms with Crippen molar-refractivity contribution in [3.05, 3.63) is 0 Å². The second kappa shape index (κ2) is 111. The van der Waals surface area contributed by atoms with Gasteiger partial charge in [-0.3, -0.25) is 0 Å². The number of nitrogens with zero attached hydrogens (tertiary/aromatic N) is 4. The Hall–Kier alpha value is 1.36. The van der Waals surface area contributed by atoms with Crippen LogP contribution in [0.2, 0.25) is 0 Å². The molecule has 4 radical (unpaired) electrons. The molecule has 4 nitrogen and oxygen atoms in total. The van der Waals surface area contributed by atoms with Crippen LogP contribution < -0.4 is 0 Å². The summed E-state index contributed by atoms with van der Waals surface area (Å²) in [5.74, 6) is 0. The quantitative estimate of drug-likeness (QED) is 0.0249. The fourth-order valence-electron chi connectivity index (χ4n) is 15.5. The first-order valence-corrected chi connectivity index (χ1v) is 54.0. The first kappa shape index (κ1) is 123. The molecule has 0 saturated heterocycles. The van der Waals surface area contributed by atoms with Crippen molar-refractivity contribution in [2.75, 3.05) is 52.4 Å². The Morgan fingerprint density at radius 1 is 0.133 bits per heavy atom. The smallest absolute Gasteiger partial charge is 0.0162 e. The van der Waals surface area contributed by atoms with Gasteiger partial charge in [0.1, 0.15) is 0 Å². The SMILES string of the molecule is CCCCCCCCCCCCN(CCCCCCCCCCCC)C(=S)[S-].CCCCCCCCCCCCN(CCCCCCCCCCCC)C(=S)[S-].CCCCCCCCCCCCN(CCCCCCCCCCCC)C(=S)[S-].CCCCCCCCCCCCN(CCCCCCCCCCCC)C(=S)[S-].[Pb]. The van der Waals surface area contributed by atoms with Crippen molar-refractivity contribution >= 4 is 144 Å². The minimum Gasteiger partial charge on any atom is -0.411 e. The third kappa shape index (κ3) is 109. The number of hydrogen-bond donors (Lipinski definition) is 0. The first-order chi connectivity index (χ1) is 54.9. The molecular weight excluding hydrogens is 1720 g/mol. The summed E-state index contributed by atoms with van der Waals surface area (Å²) >= 11 is 42.4. The zero-order chi connectivity index (χ0) is 82.8. The van der Waals surface area contributed by atoms with E-state index in [9.17, 15) is 0 Å². The number of hydrogen-bond acceptors (Lipinski definition) is 8. The molecule has 0 amide bonds. The molecule has 0 unspecified atom stereocenters. The molecule has 0 spiro atoms. The molecule has 0 aromatic rings. The minimum absolute atomic E-state index is 0. The average Bonchev–Trinajstić information content (AvgIpc) is 0.990. The van der Waals surface area contributed by atoms with Crippen molar-refractivity contribution < 1.29 is 0 Å². The van der Waals surface area contributed by atoms with E-state index in [0.717, 1.165) is 52.4 Å². The normalized spacial score (nSPS) is 11.0. The number of rotatable bonds is 88. The molecule has 0 aromatic heterocycles. The summed E-state index contributed by atoms with van der Waals surface area (Å²) in [6.07, 6.45) is 111.